The van der Waals surface area contributed by atoms with Gasteiger partial charge in [-0.2, -0.15) is 5.10 Å². The molecule has 0 bridgehead atoms. The van der Waals surface area contributed by atoms with Crippen LogP contribution in [0.25, 0.3) is 0 Å². The molecular weight excluding hydrogens is 304 g/mol. The third-order valence-corrected chi connectivity index (χ3v) is 4.42. The number of nitrogens with one attached hydrogen (secondary N) is 1. The summed E-state index contributed by atoms with van der Waals surface area (Å²) in [4.78, 5) is 14.6. The van der Waals surface area contributed by atoms with Crippen LogP contribution in [0.15, 0.2) is 36.5 Å². The Labute approximate surface area is 142 Å². The van der Waals surface area contributed by atoms with Crippen molar-refractivity contribution in [2.75, 3.05) is 25.5 Å². The van der Waals surface area contributed by atoms with E-state index in [1.54, 1.807) is 17.9 Å². The molecule has 6 nitrogen and oxygen atoms in total. The lowest BCUT2D eigenvalue weighted by Crippen LogP contribution is -2.39. The highest BCUT2D eigenvalue weighted by Crippen LogP contribution is 2.32. The minimum absolute atomic E-state index is 0.0245. The number of anilines is 1. The molecule has 1 amide bonds. The molecule has 1 aromatic carbocycles. The summed E-state index contributed by atoms with van der Waals surface area (Å²) < 4.78 is 7.01. The van der Waals surface area contributed by atoms with Crippen molar-refractivity contribution in [3.8, 4) is 5.75 Å². The molecular formula is C18H24N4O2. The summed E-state index contributed by atoms with van der Waals surface area (Å²) in [5, 5.41) is 7.06. The summed E-state index contributed by atoms with van der Waals surface area (Å²) >= 11 is 0. The van der Waals surface area contributed by atoms with E-state index in [0.717, 1.165) is 25.1 Å². The Morgan fingerprint density at radius 3 is 3.00 bits per heavy atom. The number of piperidine rings is 1. The summed E-state index contributed by atoms with van der Waals surface area (Å²) in [7, 11) is 3.51. The molecule has 0 aliphatic carbocycles. The Morgan fingerprint density at radius 1 is 1.38 bits per heavy atom. The van der Waals surface area contributed by atoms with Crippen LogP contribution in [0.1, 0.15) is 30.9 Å². The van der Waals surface area contributed by atoms with E-state index in [9.17, 15) is 4.79 Å². The van der Waals surface area contributed by atoms with E-state index in [2.05, 4.69) is 27.4 Å². The van der Waals surface area contributed by atoms with Crippen molar-refractivity contribution >= 4 is 11.7 Å². The van der Waals surface area contributed by atoms with Crippen LogP contribution in [0.3, 0.4) is 0 Å². The van der Waals surface area contributed by atoms with Gasteiger partial charge in [0.05, 0.1) is 13.7 Å². The molecule has 3 rings (SSSR count). The van der Waals surface area contributed by atoms with Crippen molar-refractivity contribution in [1.29, 1.82) is 0 Å². The maximum Gasteiger partial charge on any atom is 0.239 e. The molecule has 1 aliphatic heterocycles. The molecule has 128 valence electrons. The van der Waals surface area contributed by atoms with E-state index >= 15 is 0 Å². The molecule has 1 saturated heterocycles. The quantitative estimate of drug-likeness (QED) is 0.916. The number of hydrogen-bond acceptors (Lipinski definition) is 4. The van der Waals surface area contributed by atoms with Crippen molar-refractivity contribution in [2.45, 2.75) is 25.3 Å². The van der Waals surface area contributed by atoms with Gasteiger partial charge < -0.3 is 10.1 Å². The summed E-state index contributed by atoms with van der Waals surface area (Å²) in [5.74, 6) is 1.43. The Kier molecular flexibility index (Phi) is 5.15. The molecule has 1 fully saturated rings. The predicted molar refractivity (Wildman–Crippen MR) is 93.0 cm³/mol. The van der Waals surface area contributed by atoms with Crippen LogP contribution in [0, 0.1) is 0 Å². The van der Waals surface area contributed by atoms with Crippen LogP contribution < -0.4 is 10.1 Å². The van der Waals surface area contributed by atoms with Gasteiger partial charge in [-0.25, -0.2) is 0 Å². The Hall–Kier alpha value is -2.34. The van der Waals surface area contributed by atoms with Gasteiger partial charge in [0, 0.05) is 25.4 Å². The maximum absolute atomic E-state index is 12.4. The van der Waals surface area contributed by atoms with E-state index in [1.807, 2.05) is 25.4 Å². The van der Waals surface area contributed by atoms with Crippen molar-refractivity contribution in [3.63, 3.8) is 0 Å². The van der Waals surface area contributed by atoms with E-state index in [1.165, 1.54) is 12.0 Å². The minimum Gasteiger partial charge on any atom is -0.497 e. The average Bonchev–Trinajstić information content (AvgIpc) is 3.00. The summed E-state index contributed by atoms with van der Waals surface area (Å²) in [5.41, 5.74) is 1.21. The first-order valence-corrected chi connectivity index (χ1v) is 8.33. The van der Waals surface area contributed by atoms with Crippen molar-refractivity contribution < 1.29 is 9.53 Å². The van der Waals surface area contributed by atoms with Crippen LogP contribution in [0.5, 0.6) is 5.75 Å². The van der Waals surface area contributed by atoms with Crippen molar-refractivity contribution in [1.82, 2.24) is 14.7 Å². The zero-order chi connectivity index (χ0) is 16.9. The number of benzene rings is 1. The SMILES string of the molecule is COc1cccc(C2CCCCN2CC(=O)Nc2ccn(C)n2)c1. The Morgan fingerprint density at radius 2 is 2.25 bits per heavy atom. The van der Waals surface area contributed by atoms with Crippen LogP contribution in [-0.2, 0) is 11.8 Å². The molecule has 0 radical (unpaired) electrons. The number of likely N-dealkylation sites (tertiary alicyclic amines) is 1. The summed E-state index contributed by atoms with van der Waals surface area (Å²) in [6.45, 7) is 1.30. The van der Waals surface area contributed by atoms with Crippen LogP contribution in [0.2, 0.25) is 0 Å². The molecule has 2 aromatic rings. The van der Waals surface area contributed by atoms with E-state index < -0.39 is 0 Å². The molecule has 1 atom stereocenters. The normalized spacial score (nSPS) is 18.3. The van der Waals surface area contributed by atoms with Gasteiger partial charge in [0.15, 0.2) is 5.82 Å². The first kappa shape index (κ1) is 16.5. The van der Waals surface area contributed by atoms with Gasteiger partial charge >= 0.3 is 0 Å². The van der Waals surface area contributed by atoms with Gasteiger partial charge in [-0.15, -0.1) is 0 Å². The summed E-state index contributed by atoms with van der Waals surface area (Å²) in [6.07, 6.45) is 5.18. The van der Waals surface area contributed by atoms with Crippen LogP contribution in [-0.4, -0.2) is 40.8 Å². The second kappa shape index (κ2) is 7.49. The molecule has 1 aliphatic rings. The molecule has 1 N–H and O–H groups in total. The number of aromatic nitrogens is 2. The molecule has 0 saturated carbocycles. The van der Waals surface area contributed by atoms with Gasteiger partial charge in [-0.3, -0.25) is 14.4 Å². The molecule has 2 heterocycles. The van der Waals surface area contributed by atoms with Gasteiger partial charge in [-0.1, -0.05) is 18.6 Å². The zero-order valence-corrected chi connectivity index (χ0v) is 14.2. The monoisotopic (exact) mass is 328 g/mol. The third-order valence-electron chi connectivity index (χ3n) is 4.42. The first-order valence-electron chi connectivity index (χ1n) is 8.33. The van der Waals surface area contributed by atoms with Crippen molar-refractivity contribution in [2.24, 2.45) is 7.05 Å². The summed E-state index contributed by atoms with van der Waals surface area (Å²) in [6, 6.07) is 10.2. The number of aryl methyl sites for hydroxylation is 1. The number of ether oxygens (including phenoxy) is 1. The first-order chi connectivity index (χ1) is 11.7. The lowest BCUT2D eigenvalue weighted by atomic mass is 9.95. The van der Waals surface area contributed by atoms with E-state index in [0.29, 0.717) is 12.4 Å². The zero-order valence-electron chi connectivity index (χ0n) is 14.2. The molecule has 6 heteroatoms. The average molecular weight is 328 g/mol. The van der Waals surface area contributed by atoms with Gasteiger partial charge in [0.2, 0.25) is 5.91 Å². The molecule has 24 heavy (non-hydrogen) atoms. The van der Waals surface area contributed by atoms with E-state index in [-0.39, 0.29) is 11.9 Å². The number of rotatable bonds is 5. The largest absolute Gasteiger partial charge is 0.497 e. The fourth-order valence-corrected chi connectivity index (χ4v) is 3.26. The second-order valence-corrected chi connectivity index (χ2v) is 6.18. The van der Waals surface area contributed by atoms with Crippen LogP contribution in [0.4, 0.5) is 5.82 Å². The van der Waals surface area contributed by atoms with Crippen molar-refractivity contribution in [3.05, 3.63) is 42.1 Å². The standard InChI is InChI=1S/C18H24N4O2/c1-21-11-9-17(20-21)19-18(23)13-22-10-4-3-8-16(22)14-6-5-7-15(12-14)24-2/h5-7,9,11-12,16H,3-4,8,10,13H2,1-2H3,(H,19,20,23). The Balaban J connectivity index is 1.68. The molecule has 0 spiro atoms. The number of carbonyl (C=O) groups excluding carboxylic acids is 1. The predicted octanol–water partition coefficient (Wildman–Crippen LogP) is 2.59. The lowest BCUT2D eigenvalue weighted by Gasteiger charge is -2.35. The van der Waals surface area contributed by atoms with Gasteiger partial charge in [0.25, 0.3) is 0 Å². The number of hydrogen-bond donors (Lipinski definition) is 1. The maximum atomic E-state index is 12.4. The number of methoxy groups -OCH3 is 1. The fraction of sp³-hybridized carbons (Fsp3) is 0.444. The minimum atomic E-state index is -0.0245. The number of carbonyl (C=O) groups is 1. The smallest absolute Gasteiger partial charge is 0.239 e. The third kappa shape index (κ3) is 3.94. The lowest BCUT2D eigenvalue weighted by molar-refractivity contribution is -0.118. The highest BCUT2D eigenvalue weighted by molar-refractivity contribution is 5.91. The topological polar surface area (TPSA) is 59.4 Å². The van der Waals surface area contributed by atoms with Crippen LogP contribution >= 0.6 is 0 Å². The fourth-order valence-electron chi connectivity index (χ4n) is 3.26. The van der Waals surface area contributed by atoms with Gasteiger partial charge in [0.1, 0.15) is 5.75 Å². The van der Waals surface area contributed by atoms with Gasteiger partial charge in [-0.05, 0) is 37.1 Å². The highest BCUT2D eigenvalue weighted by Gasteiger charge is 2.26. The Bertz CT molecular complexity index is 698. The number of nitrogens with zero attached hydrogens (tertiary/aromatic N) is 3. The molecule has 1 aromatic heterocycles. The number of amides is 1. The molecule has 1 unspecified atom stereocenters. The second-order valence-electron chi connectivity index (χ2n) is 6.18. The van der Waals surface area contributed by atoms with E-state index in [4.69, 9.17) is 4.74 Å². The highest BCUT2D eigenvalue weighted by atomic mass is 16.5.